The summed E-state index contributed by atoms with van der Waals surface area (Å²) in [5, 5.41) is 5.00. The van der Waals surface area contributed by atoms with Gasteiger partial charge in [-0.25, -0.2) is 4.68 Å². The van der Waals surface area contributed by atoms with Crippen molar-refractivity contribution >= 4 is 40.9 Å². The molecule has 3 rings (SSSR count). The molecule has 2 heterocycles. The Morgan fingerprint density at radius 1 is 1.24 bits per heavy atom. The number of rotatable bonds is 4. The van der Waals surface area contributed by atoms with Crippen molar-refractivity contribution in [2.45, 2.75) is 41.2 Å². The molecule has 1 N–H and O–H groups in total. The molecule has 2 aromatic heterocycles. The Kier molecular flexibility index (Phi) is 5.96. The van der Waals surface area contributed by atoms with Crippen molar-refractivity contribution in [2.75, 3.05) is 0 Å². The van der Waals surface area contributed by atoms with Crippen molar-refractivity contribution in [1.29, 1.82) is 0 Å². The number of aryl methyl sites for hydroxylation is 2. The number of halogens is 1. The Hall–Kier alpha value is -2.44. The Bertz CT molecular complexity index is 1230. The molecule has 1 aromatic carbocycles. The first-order valence-electron chi connectivity index (χ1n) is 9.30. The first kappa shape index (κ1) is 21.3. The summed E-state index contributed by atoms with van der Waals surface area (Å²) in [6.45, 7) is 9.98. The van der Waals surface area contributed by atoms with Crippen LogP contribution in [0.3, 0.4) is 0 Å². The van der Waals surface area contributed by atoms with Gasteiger partial charge >= 0.3 is 0 Å². The Labute approximate surface area is 178 Å². The lowest BCUT2D eigenvalue weighted by atomic mass is 9.91. The minimum Gasteiger partial charge on any atom is -0.313 e. The summed E-state index contributed by atoms with van der Waals surface area (Å²) >= 11 is 7.80. The molecular weight excluding hydrogens is 406 g/mol. The lowest BCUT2D eigenvalue weighted by Gasteiger charge is -2.12. The van der Waals surface area contributed by atoms with Crippen LogP contribution in [-0.4, -0.2) is 20.5 Å². The molecule has 152 valence electrons. The fourth-order valence-electron chi connectivity index (χ4n) is 2.69. The van der Waals surface area contributed by atoms with E-state index in [-0.39, 0.29) is 11.3 Å². The molecule has 5 nitrogen and oxygen atoms in total. The summed E-state index contributed by atoms with van der Waals surface area (Å²) < 4.78 is 2.74. The molecule has 29 heavy (non-hydrogen) atoms. The van der Waals surface area contributed by atoms with Crippen molar-refractivity contribution in [3.8, 4) is 0 Å². The lowest BCUT2D eigenvalue weighted by Crippen LogP contribution is -2.22. The average Bonchev–Trinajstić information content (AvgIpc) is 3.10. The van der Waals surface area contributed by atoms with Crippen molar-refractivity contribution in [3.05, 3.63) is 71.4 Å². The van der Waals surface area contributed by atoms with Gasteiger partial charge in [0.05, 0.1) is 21.4 Å². The molecule has 0 saturated carbocycles. The monoisotopic (exact) mass is 429 g/mol. The largest absolute Gasteiger partial charge is 0.313 e. The van der Waals surface area contributed by atoms with Crippen LogP contribution in [0.1, 0.15) is 43.2 Å². The quantitative estimate of drug-likeness (QED) is 0.692. The van der Waals surface area contributed by atoms with E-state index in [9.17, 15) is 9.59 Å². The zero-order chi connectivity index (χ0) is 21.3. The number of H-pyrrole nitrogens is 1. The second-order valence-corrected chi connectivity index (χ2v) is 9.56. The number of carbonyl (C=O) groups excluding carboxylic acids is 1. The molecule has 0 atom stereocenters. The maximum Gasteiger partial charge on any atom is 0.266 e. The van der Waals surface area contributed by atoms with E-state index in [4.69, 9.17) is 11.6 Å². The van der Waals surface area contributed by atoms with E-state index in [0.29, 0.717) is 26.5 Å². The number of thiazole rings is 1. The number of aromatic amines is 1. The van der Waals surface area contributed by atoms with E-state index in [1.165, 1.54) is 23.0 Å². The normalized spacial score (nSPS) is 13.3. The first-order valence-corrected chi connectivity index (χ1v) is 10.5. The zero-order valence-electron chi connectivity index (χ0n) is 17.2. The fourth-order valence-corrected chi connectivity index (χ4v) is 3.85. The molecule has 0 bridgehead atoms. The van der Waals surface area contributed by atoms with Crippen LogP contribution in [0.15, 0.2) is 29.1 Å². The van der Waals surface area contributed by atoms with Gasteiger partial charge in [0.2, 0.25) is 0 Å². The molecule has 0 spiro atoms. The van der Waals surface area contributed by atoms with Crippen LogP contribution in [-0.2, 0) is 11.3 Å². The molecule has 0 unspecified atom stereocenters. The number of hydrogen-bond acceptors (Lipinski definition) is 4. The van der Waals surface area contributed by atoms with Crippen LogP contribution in [0.2, 0.25) is 5.15 Å². The van der Waals surface area contributed by atoms with Gasteiger partial charge in [-0.1, -0.05) is 62.2 Å². The van der Waals surface area contributed by atoms with Gasteiger partial charge in [0, 0.05) is 17.1 Å². The Morgan fingerprint density at radius 3 is 2.52 bits per heavy atom. The van der Waals surface area contributed by atoms with Gasteiger partial charge in [0.25, 0.3) is 5.56 Å². The second kappa shape index (κ2) is 8.13. The van der Waals surface area contributed by atoms with Gasteiger partial charge in [0.1, 0.15) is 5.15 Å². The number of benzene rings is 1. The third kappa shape index (κ3) is 4.95. The summed E-state index contributed by atoms with van der Waals surface area (Å²) in [7, 11) is 0. The van der Waals surface area contributed by atoms with E-state index < -0.39 is 5.41 Å². The number of aromatic nitrogens is 3. The van der Waals surface area contributed by atoms with Crippen molar-refractivity contribution in [2.24, 2.45) is 5.41 Å². The Morgan fingerprint density at radius 2 is 1.90 bits per heavy atom. The van der Waals surface area contributed by atoms with Crippen LogP contribution in [0.5, 0.6) is 0 Å². The molecule has 0 aliphatic heterocycles. The first-order chi connectivity index (χ1) is 13.5. The van der Waals surface area contributed by atoms with Gasteiger partial charge in [-0.3, -0.25) is 9.59 Å². The molecule has 0 amide bonds. The van der Waals surface area contributed by atoms with Gasteiger partial charge in [-0.15, -0.1) is 11.3 Å². The SMILES string of the molecule is Cc1ccc(Cn2nc(C)c(/C=c3\s/c(=C/C(=O)C(C)(C)C)[nH]c3=O)c2Cl)cc1. The number of Topliss-reactive ketones (excluding diaryl/α,β-unsaturated/α-hetero) is 1. The summed E-state index contributed by atoms with van der Waals surface area (Å²) in [6.07, 6.45) is 3.22. The summed E-state index contributed by atoms with van der Waals surface area (Å²) in [6, 6.07) is 8.19. The lowest BCUT2D eigenvalue weighted by molar-refractivity contribution is -0.119. The van der Waals surface area contributed by atoms with Crippen molar-refractivity contribution in [1.82, 2.24) is 14.8 Å². The maximum absolute atomic E-state index is 12.3. The van der Waals surface area contributed by atoms with Crippen molar-refractivity contribution in [3.63, 3.8) is 0 Å². The highest BCUT2D eigenvalue weighted by Gasteiger charge is 2.19. The van der Waals surface area contributed by atoms with Crippen LogP contribution in [0.25, 0.3) is 12.2 Å². The van der Waals surface area contributed by atoms with Gasteiger partial charge in [0.15, 0.2) is 5.78 Å². The van der Waals surface area contributed by atoms with Crippen molar-refractivity contribution < 1.29 is 4.79 Å². The number of nitrogens with zero attached hydrogens (tertiary/aromatic N) is 2. The van der Waals surface area contributed by atoms with Crippen LogP contribution < -0.4 is 14.8 Å². The van der Waals surface area contributed by atoms with Gasteiger partial charge in [-0.05, 0) is 25.5 Å². The summed E-state index contributed by atoms with van der Waals surface area (Å²) in [5.74, 6) is -0.0401. The zero-order valence-corrected chi connectivity index (χ0v) is 18.7. The third-order valence-corrected chi connectivity index (χ3v) is 5.88. The molecule has 0 saturated heterocycles. The predicted octanol–water partition coefficient (Wildman–Crippen LogP) is 3.18. The maximum atomic E-state index is 12.3. The number of carbonyl (C=O) groups is 1. The van der Waals surface area contributed by atoms with E-state index in [0.717, 1.165) is 11.3 Å². The topological polar surface area (TPSA) is 67.8 Å². The van der Waals surface area contributed by atoms with E-state index in [1.54, 1.807) is 10.8 Å². The smallest absolute Gasteiger partial charge is 0.266 e. The van der Waals surface area contributed by atoms with E-state index in [2.05, 4.69) is 22.2 Å². The van der Waals surface area contributed by atoms with E-state index >= 15 is 0 Å². The second-order valence-electron chi connectivity index (χ2n) is 8.12. The molecule has 3 aromatic rings. The molecule has 0 aliphatic carbocycles. The molecule has 0 radical (unpaired) electrons. The van der Waals surface area contributed by atoms with Crippen LogP contribution in [0, 0.1) is 19.3 Å². The molecule has 7 heteroatoms. The minimum atomic E-state index is -0.498. The van der Waals surface area contributed by atoms with E-state index in [1.807, 2.05) is 46.8 Å². The third-order valence-electron chi connectivity index (χ3n) is 4.52. The van der Waals surface area contributed by atoms with Gasteiger partial charge in [-0.2, -0.15) is 5.10 Å². The average molecular weight is 430 g/mol. The minimum absolute atomic E-state index is 0.0401. The number of hydrogen-bond donors (Lipinski definition) is 1. The highest BCUT2D eigenvalue weighted by molar-refractivity contribution is 7.07. The fraction of sp³-hybridized carbons (Fsp3) is 0.318. The molecule has 0 aliphatic rings. The van der Waals surface area contributed by atoms with Gasteiger partial charge < -0.3 is 4.98 Å². The highest BCUT2D eigenvalue weighted by Crippen LogP contribution is 2.21. The molecule has 0 fully saturated rings. The van der Waals surface area contributed by atoms with Crippen LogP contribution >= 0.6 is 22.9 Å². The summed E-state index contributed by atoms with van der Waals surface area (Å²) in [5.41, 5.74) is 3.00. The predicted molar refractivity (Wildman–Crippen MR) is 119 cm³/mol. The number of nitrogens with one attached hydrogen (secondary N) is 1. The summed E-state index contributed by atoms with van der Waals surface area (Å²) in [4.78, 5) is 27.3. The Balaban J connectivity index is 1.98. The highest BCUT2D eigenvalue weighted by atomic mass is 35.5. The standard InChI is InChI=1S/C22H24ClN3O2S/c1-13-6-8-15(9-7-13)12-26-20(23)16(14(2)25-26)10-17-21(28)24-19(29-17)11-18(27)22(3,4)5/h6-11H,12H2,1-5H3,(H,24,28)/b17-10-,19-11+. The molecular formula is C22H24ClN3O2S. The number of ketones is 1. The van der Waals surface area contributed by atoms with Crippen LogP contribution in [0.4, 0.5) is 0 Å².